The number of likely N-dealkylation sites (tertiary alicyclic amines) is 1. The summed E-state index contributed by atoms with van der Waals surface area (Å²) in [5.41, 5.74) is 3.69. The predicted molar refractivity (Wildman–Crippen MR) is 133 cm³/mol. The van der Waals surface area contributed by atoms with Gasteiger partial charge in [-0.1, -0.05) is 18.2 Å². The van der Waals surface area contributed by atoms with E-state index in [-0.39, 0.29) is 6.03 Å². The van der Waals surface area contributed by atoms with Crippen molar-refractivity contribution in [3.05, 3.63) is 54.2 Å². The van der Waals surface area contributed by atoms with Crippen LogP contribution < -0.4 is 15.0 Å². The lowest BCUT2D eigenvalue weighted by Crippen LogP contribution is -2.29. The minimum Gasteiger partial charge on any atom is -0.492 e. The van der Waals surface area contributed by atoms with Gasteiger partial charge in [-0.25, -0.2) is 9.78 Å². The van der Waals surface area contributed by atoms with Crippen LogP contribution in [0.5, 0.6) is 5.75 Å². The van der Waals surface area contributed by atoms with Crippen molar-refractivity contribution in [3.8, 4) is 17.1 Å². The average Bonchev–Trinajstić information content (AvgIpc) is 3.59. The number of aromatic nitrogens is 1. The van der Waals surface area contributed by atoms with E-state index >= 15 is 0 Å². The second-order valence-corrected chi connectivity index (χ2v) is 8.93. The fourth-order valence-electron chi connectivity index (χ4n) is 4.42. The molecule has 0 saturated carbocycles. The maximum Gasteiger partial charge on any atom is 0.324 e. The van der Waals surface area contributed by atoms with Gasteiger partial charge in [0.1, 0.15) is 12.4 Å². The van der Waals surface area contributed by atoms with Gasteiger partial charge in [0.15, 0.2) is 5.76 Å². The number of carbonyl (C=O) groups is 1. The summed E-state index contributed by atoms with van der Waals surface area (Å²) in [7, 11) is 1.82. The molecule has 1 aromatic heterocycles. The van der Waals surface area contributed by atoms with Gasteiger partial charge in [0.05, 0.1) is 6.20 Å². The van der Waals surface area contributed by atoms with E-state index in [4.69, 9.17) is 9.15 Å². The number of anilines is 3. The summed E-state index contributed by atoms with van der Waals surface area (Å²) < 4.78 is 12.0. The molecule has 2 fully saturated rings. The van der Waals surface area contributed by atoms with E-state index in [0.717, 1.165) is 41.3 Å². The number of aryl methyl sites for hydroxylation is 1. The Morgan fingerprint density at radius 1 is 1.09 bits per heavy atom. The number of nitrogens with zero attached hydrogens (tertiary/aromatic N) is 4. The Labute approximate surface area is 200 Å². The zero-order valence-electron chi connectivity index (χ0n) is 19.8. The summed E-state index contributed by atoms with van der Waals surface area (Å²) in [5, 5.41) is 3.28. The number of carbonyl (C=O) groups excluding carboxylic acids is 1. The first-order valence-corrected chi connectivity index (χ1v) is 11.9. The van der Waals surface area contributed by atoms with Gasteiger partial charge >= 0.3 is 6.03 Å². The number of likely N-dealkylation sites (N-methyl/N-ethyl adjacent to an activating group) is 1. The summed E-state index contributed by atoms with van der Waals surface area (Å²) >= 11 is 0. The molecule has 0 aliphatic carbocycles. The monoisotopic (exact) mass is 461 g/mol. The van der Waals surface area contributed by atoms with Gasteiger partial charge in [-0.3, -0.25) is 9.80 Å². The number of hydrogen-bond donors (Lipinski definition) is 1. The van der Waals surface area contributed by atoms with Crippen molar-refractivity contribution >= 4 is 23.4 Å². The quantitative estimate of drug-likeness (QED) is 0.522. The molecular formula is C26H31N5O3. The summed E-state index contributed by atoms with van der Waals surface area (Å²) in [6, 6.07) is 14.2. The number of nitrogens with one attached hydrogen (secondary N) is 1. The Morgan fingerprint density at radius 3 is 2.74 bits per heavy atom. The van der Waals surface area contributed by atoms with Crippen molar-refractivity contribution in [2.75, 3.05) is 56.6 Å². The molecule has 2 aliphatic rings. The molecule has 2 saturated heterocycles. The third-order valence-electron chi connectivity index (χ3n) is 6.49. The molecule has 2 amide bonds. The minimum absolute atomic E-state index is 0.00933. The average molecular weight is 462 g/mol. The highest BCUT2D eigenvalue weighted by Crippen LogP contribution is 2.30. The molecule has 0 radical (unpaired) electrons. The van der Waals surface area contributed by atoms with Crippen LogP contribution in [-0.4, -0.2) is 67.2 Å². The third-order valence-corrected chi connectivity index (χ3v) is 6.49. The van der Waals surface area contributed by atoms with Gasteiger partial charge in [0.2, 0.25) is 0 Å². The van der Waals surface area contributed by atoms with Crippen LogP contribution in [0.15, 0.2) is 53.1 Å². The van der Waals surface area contributed by atoms with Crippen LogP contribution in [0.4, 0.5) is 22.2 Å². The molecule has 1 N–H and O–H groups in total. The van der Waals surface area contributed by atoms with E-state index in [1.54, 1.807) is 16.0 Å². The largest absolute Gasteiger partial charge is 0.492 e. The number of oxazole rings is 1. The van der Waals surface area contributed by atoms with Gasteiger partial charge in [0.25, 0.3) is 6.01 Å². The molecule has 178 valence electrons. The molecule has 5 rings (SSSR count). The molecular weight excluding hydrogens is 430 g/mol. The Morgan fingerprint density at radius 2 is 1.94 bits per heavy atom. The van der Waals surface area contributed by atoms with Crippen molar-refractivity contribution in [2.45, 2.75) is 19.8 Å². The van der Waals surface area contributed by atoms with Gasteiger partial charge in [0, 0.05) is 49.7 Å². The first kappa shape index (κ1) is 22.3. The molecule has 0 spiro atoms. The molecule has 34 heavy (non-hydrogen) atoms. The van der Waals surface area contributed by atoms with E-state index in [1.165, 1.54) is 25.9 Å². The van der Waals surface area contributed by atoms with Crippen molar-refractivity contribution in [1.29, 1.82) is 0 Å². The van der Waals surface area contributed by atoms with Crippen LogP contribution in [0.25, 0.3) is 11.3 Å². The highest BCUT2D eigenvalue weighted by molar-refractivity contribution is 5.94. The molecule has 8 heteroatoms. The molecule has 3 aromatic rings. The van der Waals surface area contributed by atoms with Crippen LogP contribution in [0.2, 0.25) is 0 Å². The van der Waals surface area contributed by atoms with Gasteiger partial charge in [-0.15, -0.1) is 0 Å². The van der Waals surface area contributed by atoms with Crippen molar-refractivity contribution in [1.82, 2.24) is 14.8 Å². The predicted octanol–water partition coefficient (Wildman–Crippen LogP) is 4.74. The van der Waals surface area contributed by atoms with Crippen LogP contribution in [0.3, 0.4) is 0 Å². The Kier molecular flexibility index (Phi) is 6.40. The molecule has 0 bridgehead atoms. The van der Waals surface area contributed by atoms with E-state index in [2.05, 4.69) is 15.2 Å². The molecule has 3 heterocycles. The lowest BCUT2D eigenvalue weighted by Gasteiger charge is -2.16. The zero-order chi connectivity index (χ0) is 23.5. The summed E-state index contributed by atoms with van der Waals surface area (Å²) in [4.78, 5) is 22.7. The number of ether oxygens (including phenoxy) is 1. The molecule has 0 atom stereocenters. The minimum atomic E-state index is 0.00933. The van der Waals surface area contributed by atoms with Crippen molar-refractivity contribution in [3.63, 3.8) is 0 Å². The highest BCUT2D eigenvalue weighted by Gasteiger charge is 2.26. The lowest BCUT2D eigenvalue weighted by molar-refractivity contribution is 0.229. The van der Waals surface area contributed by atoms with Gasteiger partial charge in [-0.05, 0) is 56.6 Å². The number of benzene rings is 2. The lowest BCUT2D eigenvalue weighted by atomic mass is 10.1. The van der Waals surface area contributed by atoms with E-state index in [1.807, 2.05) is 56.4 Å². The van der Waals surface area contributed by atoms with Crippen LogP contribution in [-0.2, 0) is 0 Å². The molecule has 0 unspecified atom stereocenters. The first-order chi connectivity index (χ1) is 16.6. The maximum atomic E-state index is 12.3. The van der Waals surface area contributed by atoms with Crippen LogP contribution >= 0.6 is 0 Å². The molecule has 8 nitrogen and oxygen atoms in total. The van der Waals surface area contributed by atoms with E-state index < -0.39 is 0 Å². The number of urea groups is 1. The molecule has 2 aromatic carbocycles. The molecule has 2 aliphatic heterocycles. The summed E-state index contributed by atoms with van der Waals surface area (Å²) in [5.74, 6) is 1.46. The standard InChI is InChI=1S/C26H31N5O3/c1-19-8-9-22(33-15-14-30-10-3-4-11-30)17-23(19)28-25-27-18-24(34-25)20-6-5-7-21(16-20)31-13-12-29(2)26(31)32/h5-9,16-18H,3-4,10-15H2,1-2H3,(H,27,28). The fraction of sp³-hybridized carbons (Fsp3) is 0.385. The second kappa shape index (κ2) is 9.77. The number of hydrogen-bond acceptors (Lipinski definition) is 6. The maximum absolute atomic E-state index is 12.3. The van der Waals surface area contributed by atoms with Gasteiger partial charge in [-0.2, -0.15) is 0 Å². The Bertz CT molecular complexity index is 1150. The zero-order valence-corrected chi connectivity index (χ0v) is 19.8. The third kappa shape index (κ3) is 4.87. The van der Waals surface area contributed by atoms with E-state index in [9.17, 15) is 4.79 Å². The normalized spacial score (nSPS) is 16.5. The van der Waals surface area contributed by atoms with Crippen molar-refractivity contribution < 1.29 is 13.9 Å². The highest BCUT2D eigenvalue weighted by atomic mass is 16.5. The fourth-order valence-corrected chi connectivity index (χ4v) is 4.42. The van der Waals surface area contributed by atoms with Gasteiger partial charge < -0.3 is 19.4 Å². The van der Waals surface area contributed by atoms with Crippen LogP contribution in [0.1, 0.15) is 18.4 Å². The van der Waals surface area contributed by atoms with Crippen LogP contribution in [0, 0.1) is 6.92 Å². The summed E-state index contributed by atoms with van der Waals surface area (Å²) in [6.45, 7) is 7.41. The SMILES string of the molecule is Cc1ccc(OCCN2CCCC2)cc1Nc1ncc(-c2cccc(N3CCN(C)C3=O)c2)o1. The van der Waals surface area contributed by atoms with E-state index in [0.29, 0.717) is 24.9 Å². The van der Waals surface area contributed by atoms with Crippen molar-refractivity contribution in [2.24, 2.45) is 0 Å². The first-order valence-electron chi connectivity index (χ1n) is 11.9. The topological polar surface area (TPSA) is 74.1 Å². The Balaban J connectivity index is 1.25. The Hall–Kier alpha value is -3.52. The smallest absolute Gasteiger partial charge is 0.324 e. The summed E-state index contributed by atoms with van der Waals surface area (Å²) in [6.07, 6.45) is 4.27. The number of rotatable bonds is 8. The number of amides is 2. The second-order valence-electron chi connectivity index (χ2n) is 8.93.